The van der Waals surface area contributed by atoms with Crippen molar-refractivity contribution in [2.24, 2.45) is 0 Å². The first-order chi connectivity index (χ1) is 4.93. The molecule has 10 heavy (non-hydrogen) atoms. The van der Waals surface area contributed by atoms with Crippen molar-refractivity contribution in [1.82, 2.24) is 4.90 Å². The Bertz CT molecular complexity index is 60.3. The Morgan fingerprint density at radius 1 is 1.10 bits per heavy atom. The van der Waals surface area contributed by atoms with Crippen LogP contribution in [0.4, 0.5) is 4.39 Å². The van der Waals surface area contributed by atoms with Crippen molar-refractivity contribution in [3.63, 3.8) is 0 Å². The predicted molar refractivity (Wildman–Crippen MR) is 43.0 cm³/mol. The molecule has 1 aliphatic heterocycles. The molecule has 1 rings (SSSR count). The molecule has 0 radical (unpaired) electrons. The first-order valence-corrected chi connectivity index (χ1v) is 4.03. The molecule has 0 N–H and O–H groups in total. The summed E-state index contributed by atoms with van der Waals surface area (Å²) in [6.45, 7) is 6.18. The number of piperidine rings is 1. The second kappa shape index (κ2) is 7.00. The highest BCUT2D eigenvalue weighted by Gasteiger charge is 2.05. The summed E-state index contributed by atoms with van der Waals surface area (Å²) in [7, 11) is 0.500. The molecule has 1 fully saturated rings. The minimum Gasteiger partial charge on any atom is -0.304 e. The van der Waals surface area contributed by atoms with Gasteiger partial charge in [-0.05, 0) is 32.5 Å². The van der Waals surface area contributed by atoms with Gasteiger partial charge >= 0.3 is 0 Å². The Morgan fingerprint density at radius 2 is 1.60 bits per heavy atom. The van der Waals surface area contributed by atoms with Crippen LogP contribution < -0.4 is 0 Å². The maximum absolute atomic E-state index is 9.50. The van der Waals surface area contributed by atoms with Crippen LogP contribution in [0.25, 0.3) is 0 Å². The molecule has 0 spiro atoms. The summed E-state index contributed by atoms with van der Waals surface area (Å²) in [5.41, 5.74) is 0. The zero-order chi connectivity index (χ0) is 7.82. The standard InChI is InChI=1S/C7H15N.CH3F/c1-2-8-6-4-3-5-7-8;1-2/h2-7H2,1H3;1H3. The normalized spacial score (nSPS) is 19.5. The van der Waals surface area contributed by atoms with Gasteiger partial charge in [0.1, 0.15) is 0 Å². The number of hydrogen-bond donors (Lipinski definition) is 0. The molecule has 0 aromatic carbocycles. The fourth-order valence-electron chi connectivity index (χ4n) is 1.28. The third-order valence-electron chi connectivity index (χ3n) is 1.90. The number of nitrogens with zero attached hydrogens (tertiary/aromatic N) is 1. The Hall–Kier alpha value is -0.110. The Balaban J connectivity index is 0.000000371. The van der Waals surface area contributed by atoms with E-state index in [1.807, 2.05) is 0 Å². The van der Waals surface area contributed by atoms with E-state index in [0.29, 0.717) is 7.18 Å². The maximum Gasteiger partial charge on any atom is 0.0785 e. The molecular formula is C8H18FN. The molecule has 0 unspecified atom stereocenters. The van der Waals surface area contributed by atoms with Gasteiger partial charge in [-0.1, -0.05) is 13.3 Å². The van der Waals surface area contributed by atoms with Gasteiger partial charge in [0.05, 0.1) is 7.18 Å². The summed E-state index contributed by atoms with van der Waals surface area (Å²) in [6.07, 6.45) is 4.30. The fraction of sp³-hybridized carbons (Fsp3) is 1.00. The van der Waals surface area contributed by atoms with E-state index in [4.69, 9.17) is 0 Å². The molecule has 1 aliphatic rings. The highest BCUT2D eigenvalue weighted by atomic mass is 19.1. The summed E-state index contributed by atoms with van der Waals surface area (Å²) < 4.78 is 9.50. The van der Waals surface area contributed by atoms with Crippen molar-refractivity contribution in [3.05, 3.63) is 0 Å². The minimum absolute atomic E-state index is 0.500. The Morgan fingerprint density at radius 3 is 1.90 bits per heavy atom. The molecule has 1 nitrogen and oxygen atoms in total. The molecule has 0 atom stereocenters. The zero-order valence-electron chi connectivity index (χ0n) is 7.07. The van der Waals surface area contributed by atoms with E-state index in [-0.39, 0.29) is 0 Å². The molecule has 2 heteroatoms. The van der Waals surface area contributed by atoms with Crippen LogP contribution in [0.3, 0.4) is 0 Å². The van der Waals surface area contributed by atoms with E-state index in [1.54, 1.807) is 0 Å². The van der Waals surface area contributed by atoms with Crippen LogP contribution in [0.5, 0.6) is 0 Å². The maximum atomic E-state index is 9.50. The highest BCUT2D eigenvalue weighted by molar-refractivity contribution is 4.61. The SMILES string of the molecule is CCN1CCCCC1.CF. The van der Waals surface area contributed by atoms with Gasteiger partial charge in [-0.25, -0.2) is 0 Å². The molecule has 0 bridgehead atoms. The van der Waals surface area contributed by atoms with Crippen LogP contribution in [-0.4, -0.2) is 31.7 Å². The van der Waals surface area contributed by atoms with Crippen molar-refractivity contribution in [2.75, 3.05) is 26.8 Å². The van der Waals surface area contributed by atoms with Gasteiger partial charge in [0, 0.05) is 0 Å². The minimum atomic E-state index is 0.500. The second-order valence-electron chi connectivity index (χ2n) is 2.49. The molecule has 1 saturated heterocycles. The Labute approximate surface area is 63.2 Å². The average Bonchev–Trinajstić information content (AvgIpc) is 2.10. The first kappa shape index (κ1) is 9.89. The molecule has 1 heterocycles. The van der Waals surface area contributed by atoms with E-state index in [9.17, 15) is 4.39 Å². The second-order valence-corrected chi connectivity index (χ2v) is 2.49. The molecule has 62 valence electrons. The monoisotopic (exact) mass is 147 g/mol. The van der Waals surface area contributed by atoms with E-state index in [2.05, 4.69) is 11.8 Å². The first-order valence-electron chi connectivity index (χ1n) is 4.03. The predicted octanol–water partition coefficient (Wildman–Crippen LogP) is 2.08. The van der Waals surface area contributed by atoms with Crippen LogP contribution in [0, 0.1) is 0 Å². The number of alkyl halides is 1. The summed E-state index contributed by atoms with van der Waals surface area (Å²) in [6, 6.07) is 0. The van der Waals surface area contributed by atoms with Crippen molar-refractivity contribution in [3.8, 4) is 0 Å². The summed E-state index contributed by atoms with van der Waals surface area (Å²) >= 11 is 0. The number of hydrogen-bond acceptors (Lipinski definition) is 1. The van der Waals surface area contributed by atoms with Crippen molar-refractivity contribution >= 4 is 0 Å². The summed E-state index contributed by atoms with van der Waals surface area (Å²) in [4.78, 5) is 2.52. The smallest absolute Gasteiger partial charge is 0.0785 e. The largest absolute Gasteiger partial charge is 0.304 e. The zero-order valence-corrected chi connectivity index (χ0v) is 7.07. The lowest BCUT2D eigenvalue weighted by Gasteiger charge is -2.24. The lowest BCUT2D eigenvalue weighted by Crippen LogP contribution is -2.29. The number of halogens is 1. The average molecular weight is 147 g/mol. The quantitative estimate of drug-likeness (QED) is 0.549. The van der Waals surface area contributed by atoms with E-state index < -0.39 is 0 Å². The van der Waals surface area contributed by atoms with Crippen molar-refractivity contribution in [2.45, 2.75) is 26.2 Å². The van der Waals surface area contributed by atoms with Crippen molar-refractivity contribution < 1.29 is 4.39 Å². The fourth-order valence-corrected chi connectivity index (χ4v) is 1.28. The van der Waals surface area contributed by atoms with Gasteiger partial charge < -0.3 is 4.90 Å². The molecular weight excluding hydrogens is 129 g/mol. The Kier molecular flexibility index (Phi) is 6.93. The molecule has 0 amide bonds. The molecule has 0 aliphatic carbocycles. The van der Waals surface area contributed by atoms with Gasteiger partial charge in [-0.2, -0.15) is 0 Å². The lowest BCUT2D eigenvalue weighted by molar-refractivity contribution is 0.240. The van der Waals surface area contributed by atoms with Crippen LogP contribution in [0.2, 0.25) is 0 Å². The summed E-state index contributed by atoms with van der Waals surface area (Å²) in [5.74, 6) is 0. The molecule has 0 aromatic heterocycles. The van der Waals surface area contributed by atoms with Crippen molar-refractivity contribution in [1.29, 1.82) is 0 Å². The molecule has 0 saturated carbocycles. The van der Waals surface area contributed by atoms with Gasteiger partial charge in [0.15, 0.2) is 0 Å². The van der Waals surface area contributed by atoms with Crippen LogP contribution in [-0.2, 0) is 0 Å². The van der Waals surface area contributed by atoms with Gasteiger partial charge in [0.2, 0.25) is 0 Å². The summed E-state index contributed by atoms with van der Waals surface area (Å²) in [5, 5.41) is 0. The lowest BCUT2D eigenvalue weighted by atomic mass is 10.1. The van der Waals surface area contributed by atoms with Gasteiger partial charge in [-0.15, -0.1) is 0 Å². The van der Waals surface area contributed by atoms with Gasteiger partial charge in [0.25, 0.3) is 0 Å². The topological polar surface area (TPSA) is 3.24 Å². The van der Waals surface area contributed by atoms with E-state index >= 15 is 0 Å². The van der Waals surface area contributed by atoms with Gasteiger partial charge in [-0.3, -0.25) is 4.39 Å². The van der Waals surface area contributed by atoms with Crippen LogP contribution in [0.15, 0.2) is 0 Å². The van der Waals surface area contributed by atoms with Crippen LogP contribution >= 0.6 is 0 Å². The third kappa shape index (κ3) is 3.83. The number of likely N-dealkylation sites (tertiary alicyclic amines) is 1. The van der Waals surface area contributed by atoms with E-state index in [0.717, 1.165) is 0 Å². The van der Waals surface area contributed by atoms with Crippen LogP contribution in [0.1, 0.15) is 26.2 Å². The third-order valence-corrected chi connectivity index (χ3v) is 1.90. The highest BCUT2D eigenvalue weighted by Crippen LogP contribution is 2.06. The number of rotatable bonds is 1. The van der Waals surface area contributed by atoms with E-state index in [1.165, 1.54) is 38.9 Å². The molecule has 0 aromatic rings.